The molecule has 0 amide bonds. The zero-order valence-corrected chi connectivity index (χ0v) is 38.7. The lowest BCUT2D eigenvalue weighted by Gasteiger charge is -2.28. The van der Waals surface area contributed by atoms with Crippen molar-refractivity contribution in [3.63, 3.8) is 0 Å². The highest BCUT2D eigenvalue weighted by atomic mass is 16.3. The molecule has 71 heavy (non-hydrogen) atoms. The lowest BCUT2D eigenvalue weighted by Crippen LogP contribution is -2.10. The highest BCUT2D eigenvalue weighted by molar-refractivity contribution is 6.15. The van der Waals surface area contributed by atoms with Gasteiger partial charge in [0.2, 0.25) is 0 Å². The van der Waals surface area contributed by atoms with Gasteiger partial charge < -0.3 is 13.9 Å². The van der Waals surface area contributed by atoms with E-state index >= 15 is 0 Å². The SMILES string of the molecule is c1cc(-c2ccc(N(c3ccc(-c4ccccc4-c4ccccc4-n4c5ccccc5c5ccccc54)cc3)c3cc4ccccc4c4ccccc34)cc2)cc(-c2cccc3c2oc2ccccc23)c1. The maximum absolute atomic E-state index is 6.46. The molecule has 0 radical (unpaired) electrons. The van der Waals surface area contributed by atoms with E-state index in [1.807, 2.05) is 12.1 Å². The number of nitrogens with zero attached hydrogens (tertiary/aromatic N) is 2. The minimum atomic E-state index is 0.905. The summed E-state index contributed by atoms with van der Waals surface area (Å²) in [4.78, 5) is 2.42. The molecule has 0 saturated heterocycles. The van der Waals surface area contributed by atoms with Crippen LogP contribution in [0.2, 0.25) is 0 Å². The van der Waals surface area contributed by atoms with Crippen LogP contribution in [-0.4, -0.2) is 4.57 Å². The van der Waals surface area contributed by atoms with Crippen LogP contribution < -0.4 is 4.90 Å². The second kappa shape index (κ2) is 16.7. The summed E-state index contributed by atoms with van der Waals surface area (Å²) < 4.78 is 8.89. The number of para-hydroxylation sites is 5. The third-order valence-electron chi connectivity index (χ3n) is 14.4. The molecule has 0 saturated carbocycles. The number of aromatic nitrogens is 1. The number of hydrogen-bond donors (Lipinski definition) is 0. The van der Waals surface area contributed by atoms with Crippen LogP contribution in [0.3, 0.4) is 0 Å². The average Bonchev–Trinajstić information content (AvgIpc) is 4.00. The second-order valence-corrected chi connectivity index (χ2v) is 18.4. The molecule has 0 aliphatic heterocycles. The second-order valence-electron chi connectivity index (χ2n) is 18.4. The van der Waals surface area contributed by atoms with Gasteiger partial charge in [-0.15, -0.1) is 0 Å². The van der Waals surface area contributed by atoms with Crippen LogP contribution in [0.15, 0.2) is 271 Å². The largest absolute Gasteiger partial charge is 0.455 e. The van der Waals surface area contributed by atoms with Gasteiger partial charge >= 0.3 is 0 Å². The van der Waals surface area contributed by atoms with Crippen LogP contribution in [0, 0.1) is 0 Å². The monoisotopic (exact) mass is 904 g/mol. The summed E-state index contributed by atoms with van der Waals surface area (Å²) in [6, 6.07) is 96.7. The number of furan rings is 1. The molecule has 0 fully saturated rings. The lowest BCUT2D eigenvalue weighted by molar-refractivity contribution is 0.670. The first kappa shape index (κ1) is 40.6. The first-order valence-corrected chi connectivity index (χ1v) is 24.3. The van der Waals surface area contributed by atoms with Gasteiger partial charge in [0, 0.05) is 49.4 Å². The van der Waals surface area contributed by atoms with Crippen LogP contribution in [-0.2, 0) is 0 Å². The fourth-order valence-electron chi connectivity index (χ4n) is 11.1. The van der Waals surface area contributed by atoms with E-state index in [1.54, 1.807) is 0 Å². The van der Waals surface area contributed by atoms with Crippen LogP contribution in [0.4, 0.5) is 17.1 Å². The van der Waals surface area contributed by atoms with E-state index in [4.69, 9.17) is 4.42 Å². The minimum Gasteiger partial charge on any atom is -0.455 e. The van der Waals surface area contributed by atoms with E-state index in [9.17, 15) is 0 Å². The van der Waals surface area contributed by atoms with Crippen molar-refractivity contribution < 1.29 is 4.42 Å². The molecule has 0 spiro atoms. The van der Waals surface area contributed by atoms with Crippen molar-refractivity contribution in [3.8, 4) is 50.2 Å². The highest BCUT2D eigenvalue weighted by Gasteiger charge is 2.21. The molecular formula is C68H44N2O. The summed E-state index contributed by atoms with van der Waals surface area (Å²) >= 11 is 0. The molecule has 14 rings (SSSR count). The summed E-state index contributed by atoms with van der Waals surface area (Å²) in [6.07, 6.45) is 0. The first-order chi connectivity index (χ1) is 35.2. The van der Waals surface area contributed by atoms with Crippen LogP contribution in [0.5, 0.6) is 0 Å². The summed E-state index contributed by atoms with van der Waals surface area (Å²) in [5, 5.41) is 9.64. The Hall–Kier alpha value is -9.44. The van der Waals surface area contributed by atoms with Gasteiger partial charge in [-0.25, -0.2) is 0 Å². The predicted molar refractivity (Wildman–Crippen MR) is 299 cm³/mol. The number of hydrogen-bond acceptors (Lipinski definition) is 2. The fraction of sp³-hybridized carbons (Fsp3) is 0. The highest BCUT2D eigenvalue weighted by Crippen LogP contribution is 2.45. The summed E-state index contributed by atoms with van der Waals surface area (Å²) in [5.74, 6) is 0. The van der Waals surface area contributed by atoms with Crippen molar-refractivity contribution in [2.24, 2.45) is 0 Å². The van der Waals surface area contributed by atoms with Gasteiger partial charge in [0.1, 0.15) is 11.2 Å². The molecule has 3 heteroatoms. The molecule has 0 N–H and O–H groups in total. The van der Waals surface area contributed by atoms with Crippen LogP contribution >= 0.6 is 0 Å². The molecule has 0 unspecified atom stereocenters. The van der Waals surface area contributed by atoms with Gasteiger partial charge in [-0.3, -0.25) is 0 Å². The molecule has 14 aromatic rings. The van der Waals surface area contributed by atoms with Gasteiger partial charge in [-0.05, 0) is 110 Å². The van der Waals surface area contributed by atoms with Crippen molar-refractivity contribution in [2.45, 2.75) is 0 Å². The van der Waals surface area contributed by atoms with E-state index in [-0.39, 0.29) is 0 Å². The summed E-state index contributed by atoms with van der Waals surface area (Å²) in [6.45, 7) is 0. The van der Waals surface area contributed by atoms with Crippen LogP contribution in [0.1, 0.15) is 0 Å². The molecular weight excluding hydrogens is 861 g/mol. The van der Waals surface area contributed by atoms with Crippen LogP contribution in [0.25, 0.3) is 115 Å². The quantitative estimate of drug-likeness (QED) is 0.142. The fourth-order valence-corrected chi connectivity index (χ4v) is 11.1. The summed E-state index contributed by atoms with van der Waals surface area (Å²) in [5.41, 5.74) is 17.8. The van der Waals surface area contributed by atoms with Gasteiger partial charge in [0.05, 0.1) is 22.4 Å². The smallest absolute Gasteiger partial charge is 0.143 e. The molecule has 2 heterocycles. The molecule has 2 aromatic heterocycles. The lowest BCUT2D eigenvalue weighted by atomic mass is 9.93. The third-order valence-corrected chi connectivity index (χ3v) is 14.4. The molecule has 12 aromatic carbocycles. The van der Waals surface area contributed by atoms with Crippen molar-refractivity contribution in [3.05, 3.63) is 267 Å². The van der Waals surface area contributed by atoms with E-state index in [1.165, 1.54) is 60.0 Å². The number of rotatable bonds is 8. The standard InChI is InChI=1S/C68H44N2O/c1-2-21-53-49(17-1)44-66(58-25-6-5-23-56(53)58)69(50-39-35-45(36-40-50)47-18-15-19-48(43-47)54-29-16-30-62-61-28-10-14-34-67(61)71-68(54)62)51-41-37-46(38-42-51)52-20-3-4-22-55(52)57-24-7-11-31-63(57)70-64-32-12-8-26-59(64)60-27-9-13-33-65(60)70/h1-44H. The average molecular weight is 905 g/mol. The maximum Gasteiger partial charge on any atom is 0.143 e. The van der Waals surface area contributed by atoms with Crippen molar-refractivity contribution in [1.29, 1.82) is 0 Å². The summed E-state index contributed by atoms with van der Waals surface area (Å²) in [7, 11) is 0. The van der Waals surface area contributed by atoms with E-state index < -0.39 is 0 Å². The van der Waals surface area contributed by atoms with Gasteiger partial charge in [0.25, 0.3) is 0 Å². The Morgan fingerprint density at radius 2 is 0.817 bits per heavy atom. The first-order valence-electron chi connectivity index (χ1n) is 24.3. The molecule has 0 aliphatic carbocycles. The van der Waals surface area contributed by atoms with E-state index in [0.29, 0.717) is 0 Å². The number of anilines is 3. The third kappa shape index (κ3) is 6.74. The van der Waals surface area contributed by atoms with Crippen molar-refractivity contribution >= 4 is 82.4 Å². The Balaban J connectivity index is 0.876. The Labute approximate surface area is 411 Å². The number of fused-ring (bicyclic) bond motifs is 9. The van der Waals surface area contributed by atoms with Gasteiger partial charge in [-0.2, -0.15) is 0 Å². The van der Waals surface area contributed by atoms with Gasteiger partial charge in [0.15, 0.2) is 0 Å². The molecule has 0 atom stereocenters. The Bertz CT molecular complexity index is 4290. The molecule has 3 nitrogen and oxygen atoms in total. The van der Waals surface area contributed by atoms with E-state index in [0.717, 1.165) is 72.5 Å². The molecule has 0 aliphatic rings. The minimum absolute atomic E-state index is 0.905. The Kier molecular flexibility index (Phi) is 9.53. The zero-order valence-electron chi connectivity index (χ0n) is 38.7. The van der Waals surface area contributed by atoms with Gasteiger partial charge in [-0.1, -0.05) is 206 Å². The Morgan fingerprint density at radius 3 is 1.56 bits per heavy atom. The molecule has 332 valence electrons. The predicted octanol–water partition coefficient (Wildman–Crippen LogP) is 19.1. The van der Waals surface area contributed by atoms with Crippen molar-refractivity contribution in [1.82, 2.24) is 4.57 Å². The number of benzene rings is 12. The van der Waals surface area contributed by atoms with E-state index in [2.05, 4.69) is 264 Å². The normalized spacial score (nSPS) is 11.7. The molecule has 0 bridgehead atoms. The van der Waals surface area contributed by atoms with Crippen molar-refractivity contribution in [2.75, 3.05) is 4.90 Å². The maximum atomic E-state index is 6.46. The Morgan fingerprint density at radius 1 is 0.296 bits per heavy atom. The topological polar surface area (TPSA) is 21.3 Å². The zero-order chi connectivity index (χ0) is 46.8.